The number of ether oxygens (including phenoxy) is 1. The van der Waals surface area contributed by atoms with Crippen LogP contribution in [0.3, 0.4) is 0 Å². The summed E-state index contributed by atoms with van der Waals surface area (Å²) >= 11 is 5.93. The van der Waals surface area contributed by atoms with Crippen LogP contribution in [0.1, 0.15) is 17.2 Å². The molecule has 0 bridgehead atoms. The third-order valence-electron chi connectivity index (χ3n) is 5.01. The number of ketones is 1. The molecule has 0 saturated carbocycles. The molecule has 4 rings (SSSR count). The number of phenols is 1. The fraction of sp³-hybridized carbons (Fsp3) is 0.0870. The van der Waals surface area contributed by atoms with Crippen LogP contribution in [-0.2, 0) is 9.59 Å². The minimum atomic E-state index is -0.964. The summed E-state index contributed by atoms with van der Waals surface area (Å²) in [6.07, 6.45) is 3.00. The highest BCUT2D eigenvalue weighted by atomic mass is 35.5. The van der Waals surface area contributed by atoms with E-state index in [1.54, 1.807) is 48.7 Å². The number of carbonyl (C=O) groups is 2. The zero-order chi connectivity index (χ0) is 22.1. The lowest BCUT2D eigenvalue weighted by Gasteiger charge is -2.25. The van der Waals surface area contributed by atoms with Gasteiger partial charge in [0.1, 0.15) is 5.76 Å². The van der Waals surface area contributed by atoms with Crippen LogP contribution in [0.2, 0.25) is 5.02 Å². The summed E-state index contributed by atoms with van der Waals surface area (Å²) < 4.78 is 5.19. The standard InChI is InChI=1S/C23H17ClN2O5/c1-31-18-11-14(6-9-17(18)27)20-19(21(28)13-4-7-15(24)8-5-13)22(29)23(30)26(20)16-3-2-10-25-12-16/h2-12,20,27-28H,1H3/b21-19-. The molecule has 2 aromatic carbocycles. The number of carbonyl (C=O) groups excluding carboxylic acids is 2. The van der Waals surface area contributed by atoms with Crippen molar-refractivity contribution >= 4 is 34.7 Å². The number of benzene rings is 2. The van der Waals surface area contributed by atoms with Crippen LogP contribution in [-0.4, -0.2) is 34.0 Å². The van der Waals surface area contributed by atoms with Crippen molar-refractivity contribution in [2.24, 2.45) is 0 Å². The Morgan fingerprint density at radius 3 is 2.52 bits per heavy atom. The molecule has 1 amide bonds. The lowest BCUT2D eigenvalue weighted by atomic mass is 9.95. The molecule has 156 valence electrons. The average Bonchev–Trinajstić information content (AvgIpc) is 3.05. The molecular formula is C23H17ClN2O5. The van der Waals surface area contributed by atoms with Crippen LogP contribution in [0.4, 0.5) is 5.69 Å². The van der Waals surface area contributed by atoms with Gasteiger partial charge in [-0.3, -0.25) is 19.5 Å². The number of hydrogen-bond donors (Lipinski definition) is 2. The Balaban J connectivity index is 1.96. The van der Waals surface area contributed by atoms with Crippen LogP contribution >= 0.6 is 11.6 Å². The van der Waals surface area contributed by atoms with Gasteiger partial charge in [0.05, 0.1) is 30.6 Å². The molecule has 1 saturated heterocycles. The van der Waals surface area contributed by atoms with Gasteiger partial charge in [0, 0.05) is 16.8 Å². The number of nitrogens with zero attached hydrogens (tertiary/aromatic N) is 2. The van der Waals surface area contributed by atoms with E-state index in [0.29, 0.717) is 21.8 Å². The normalized spacial score (nSPS) is 17.7. The fourth-order valence-corrected chi connectivity index (χ4v) is 3.66. The maximum Gasteiger partial charge on any atom is 0.300 e. The molecule has 2 N–H and O–H groups in total. The van der Waals surface area contributed by atoms with Crippen molar-refractivity contribution in [3.8, 4) is 11.5 Å². The molecule has 8 heteroatoms. The molecule has 7 nitrogen and oxygen atoms in total. The molecule has 1 unspecified atom stereocenters. The molecule has 31 heavy (non-hydrogen) atoms. The van der Waals surface area contributed by atoms with Gasteiger partial charge in [-0.05, 0) is 54.1 Å². The van der Waals surface area contributed by atoms with Crippen molar-refractivity contribution in [1.82, 2.24) is 4.98 Å². The summed E-state index contributed by atoms with van der Waals surface area (Å²) in [5.74, 6) is -1.91. The molecule has 2 heterocycles. The Labute approximate surface area is 182 Å². The molecule has 0 spiro atoms. The van der Waals surface area contributed by atoms with E-state index >= 15 is 0 Å². The number of phenolic OH excluding ortho intramolecular Hbond substituents is 1. The summed E-state index contributed by atoms with van der Waals surface area (Å²) in [7, 11) is 1.39. The van der Waals surface area contributed by atoms with Gasteiger partial charge in [-0.1, -0.05) is 17.7 Å². The number of hydrogen-bond acceptors (Lipinski definition) is 6. The van der Waals surface area contributed by atoms with Gasteiger partial charge in [-0.25, -0.2) is 0 Å². The number of aliphatic hydroxyl groups excluding tert-OH is 1. The van der Waals surface area contributed by atoms with Crippen LogP contribution in [0.25, 0.3) is 5.76 Å². The van der Waals surface area contributed by atoms with Gasteiger partial charge in [-0.15, -0.1) is 0 Å². The van der Waals surface area contributed by atoms with Crippen LogP contribution < -0.4 is 9.64 Å². The highest BCUT2D eigenvalue weighted by Crippen LogP contribution is 2.43. The van der Waals surface area contributed by atoms with E-state index in [4.69, 9.17) is 16.3 Å². The van der Waals surface area contributed by atoms with Crippen molar-refractivity contribution in [3.05, 3.63) is 88.7 Å². The van der Waals surface area contributed by atoms with E-state index in [1.165, 1.54) is 30.3 Å². The van der Waals surface area contributed by atoms with E-state index in [0.717, 1.165) is 0 Å². The number of aromatic nitrogens is 1. The lowest BCUT2D eigenvalue weighted by Crippen LogP contribution is -2.29. The van der Waals surface area contributed by atoms with E-state index in [-0.39, 0.29) is 22.8 Å². The largest absolute Gasteiger partial charge is 0.507 e. The van der Waals surface area contributed by atoms with Gasteiger partial charge in [-0.2, -0.15) is 0 Å². The van der Waals surface area contributed by atoms with Gasteiger partial charge in [0.2, 0.25) is 0 Å². The van der Waals surface area contributed by atoms with E-state index in [9.17, 15) is 19.8 Å². The molecule has 1 atom stereocenters. The number of halogens is 1. The lowest BCUT2D eigenvalue weighted by molar-refractivity contribution is -0.132. The first-order valence-corrected chi connectivity index (χ1v) is 9.64. The second-order valence-electron chi connectivity index (χ2n) is 6.82. The molecule has 1 aromatic heterocycles. The quantitative estimate of drug-likeness (QED) is 0.363. The molecule has 1 fully saturated rings. The Morgan fingerprint density at radius 2 is 1.87 bits per heavy atom. The molecule has 1 aliphatic heterocycles. The molecule has 0 aliphatic carbocycles. The van der Waals surface area contributed by atoms with E-state index in [2.05, 4.69) is 4.98 Å². The Morgan fingerprint density at radius 1 is 1.13 bits per heavy atom. The first kappa shape index (κ1) is 20.4. The SMILES string of the molecule is COc1cc(C2/C(=C(/O)c3ccc(Cl)cc3)C(=O)C(=O)N2c2cccnc2)ccc1O. The summed E-state index contributed by atoms with van der Waals surface area (Å²) in [6.45, 7) is 0. The maximum atomic E-state index is 13.0. The number of aliphatic hydroxyl groups is 1. The number of aromatic hydroxyl groups is 1. The number of methoxy groups -OCH3 is 1. The summed E-state index contributed by atoms with van der Waals surface area (Å²) in [5.41, 5.74) is 1.10. The van der Waals surface area contributed by atoms with E-state index < -0.39 is 17.7 Å². The molecule has 3 aromatic rings. The monoisotopic (exact) mass is 436 g/mol. The summed E-state index contributed by atoms with van der Waals surface area (Å²) in [6, 6.07) is 13.1. The van der Waals surface area contributed by atoms with E-state index in [1.807, 2.05) is 0 Å². The zero-order valence-electron chi connectivity index (χ0n) is 16.3. The number of amides is 1. The topological polar surface area (TPSA) is 100.0 Å². The number of anilines is 1. The predicted octanol–water partition coefficient (Wildman–Crippen LogP) is 4.08. The van der Waals surface area contributed by atoms with Crippen LogP contribution in [0, 0.1) is 0 Å². The second kappa shape index (κ2) is 8.12. The third-order valence-corrected chi connectivity index (χ3v) is 5.26. The van der Waals surface area contributed by atoms with Crippen LogP contribution in [0.5, 0.6) is 11.5 Å². The highest BCUT2D eigenvalue weighted by molar-refractivity contribution is 6.51. The summed E-state index contributed by atoms with van der Waals surface area (Å²) in [4.78, 5) is 31.4. The van der Waals surface area contributed by atoms with Crippen molar-refractivity contribution in [2.75, 3.05) is 12.0 Å². The number of pyridine rings is 1. The number of Topliss-reactive ketones (excluding diaryl/α,β-unsaturated/α-hetero) is 1. The molecule has 0 radical (unpaired) electrons. The average molecular weight is 437 g/mol. The smallest absolute Gasteiger partial charge is 0.300 e. The zero-order valence-corrected chi connectivity index (χ0v) is 17.1. The third kappa shape index (κ3) is 3.60. The maximum absolute atomic E-state index is 13.0. The van der Waals surface area contributed by atoms with Gasteiger partial charge in [0.15, 0.2) is 11.5 Å². The highest BCUT2D eigenvalue weighted by Gasteiger charge is 2.47. The molecular weight excluding hydrogens is 420 g/mol. The Kier molecular flexibility index (Phi) is 5.35. The van der Waals surface area contributed by atoms with Crippen molar-refractivity contribution in [1.29, 1.82) is 0 Å². The first-order valence-electron chi connectivity index (χ1n) is 9.26. The Hall–Kier alpha value is -3.84. The first-order chi connectivity index (χ1) is 14.9. The fourth-order valence-electron chi connectivity index (χ4n) is 3.54. The van der Waals surface area contributed by atoms with Crippen LogP contribution in [0.15, 0.2) is 72.6 Å². The minimum Gasteiger partial charge on any atom is -0.507 e. The van der Waals surface area contributed by atoms with Crippen molar-refractivity contribution in [2.45, 2.75) is 6.04 Å². The summed E-state index contributed by atoms with van der Waals surface area (Å²) in [5, 5.41) is 21.5. The van der Waals surface area contributed by atoms with Gasteiger partial charge >= 0.3 is 0 Å². The number of rotatable bonds is 4. The second-order valence-corrected chi connectivity index (χ2v) is 7.25. The predicted molar refractivity (Wildman–Crippen MR) is 115 cm³/mol. The van der Waals surface area contributed by atoms with Gasteiger partial charge < -0.3 is 14.9 Å². The van der Waals surface area contributed by atoms with Crippen molar-refractivity contribution < 1.29 is 24.5 Å². The Bertz CT molecular complexity index is 1190. The minimum absolute atomic E-state index is 0.0936. The molecule has 1 aliphatic rings. The van der Waals surface area contributed by atoms with Gasteiger partial charge in [0.25, 0.3) is 11.7 Å². The van der Waals surface area contributed by atoms with Crippen molar-refractivity contribution in [3.63, 3.8) is 0 Å².